The van der Waals surface area contributed by atoms with Crippen LogP contribution in [0.3, 0.4) is 0 Å². The number of alkyl halides is 3. The number of Topliss-reactive ketones (excluding diaryl/α,β-unsaturated/α-hetero) is 1. The highest BCUT2D eigenvalue weighted by Gasteiger charge is 2.41. The van der Waals surface area contributed by atoms with Gasteiger partial charge >= 0.3 is 6.18 Å². The van der Waals surface area contributed by atoms with E-state index in [1.807, 2.05) is 18.2 Å². The van der Waals surface area contributed by atoms with Gasteiger partial charge in [-0.2, -0.15) is 13.2 Å². The number of hydrogen-bond acceptors (Lipinski definition) is 3. The highest BCUT2D eigenvalue weighted by Crippen LogP contribution is 2.45. The smallest absolute Gasteiger partial charge is 0.416 e. The molecule has 4 rings (SSSR count). The number of carbonyl (C=O) groups excluding carboxylic acids is 2. The maximum absolute atomic E-state index is 13.1. The molecule has 0 saturated heterocycles. The van der Waals surface area contributed by atoms with Gasteiger partial charge in [-0.1, -0.05) is 18.2 Å². The Morgan fingerprint density at radius 1 is 1.00 bits per heavy atom. The lowest BCUT2D eigenvalue weighted by Crippen LogP contribution is -2.40. The van der Waals surface area contributed by atoms with Crippen molar-refractivity contribution < 1.29 is 27.5 Å². The molecule has 0 radical (unpaired) electrons. The minimum absolute atomic E-state index is 0.0310. The normalized spacial score (nSPS) is 19.7. The van der Waals surface area contributed by atoms with Gasteiger partial charge in [0.25, 0.3) is 0 Å². The van der Waals surface area contributed by atoms with Gasteiger partial charge in [-0.25, -0.2) is 0 Å². The Bertz CT molecular complexity index is 1020. The number of halogens is 3. The summed E-state index contributed by atoms with van der Waals surface area (Å²) in [5.74, 6) is -0.110. The molecule has 0 saturated carbocycles. The second kappa shape index (κ2) is 7.63. The van der Waals surface area contributed by atoms with Crippen LogP contribution in [0.4, 0.5) is 18.9 Å². The number of anilines is 1. The van der Waals surface area contributed by atoms with Crippen LogP contribution in [-0.4, -0.2) is 18.8 Å². The zero-order valence-electron chi connectivity index (χ0n) is 16.3. The van der Waals surface area contributed by atoms with E-state index < -0.39 is 17.7 Å². The maximum atomic E-state index is 13.1. The van der Waals surface area contributed by atoms with E-state index in [0.717, 1.165) is 17.7 Å². The Morgan fingerprint density at radius 2 is 1.70 bits per heavy atom. The number of carbonyl (C=O) groups is 2. The Labute approximate surface area is 171 Å². The van der Waals surface area contributed by atoms with Crippen molar-refractivity contribution in [1.29, 1.82) is 0 Å². The first-order valence-electron chi connectivity index (χ1n) is 9.70. The van der Waals surface area contributed by atoms with Crippen LogP contribution >= 0.6 is 0 Å². The maximum Gasteiger partial charge on any atom is 0.416 e. The molecule has 0 bridgehead atoms. The van der Waals surface area contributed by atoms with E-state index in [1.165, 1.54) is 24.1 Å². The van der Waals surface area contributed by atoms with Crippen molar-refractivity contribution in [2.24, 2.45) is 0 Å². The second-order valence-electron chi connectivity index (χ2n) is 7.41. The summed E-state index contributed by atoms with van der Waals surface area (Å²) in [7, 11) is 1.54. The topological polar surface area (TPSA) is 46.6 Å². The molecule has 1 unspecified atom stereocenters. The van der Waals surface area contributed by atoms with Gasteiger partial charge in [-0.05, 0) is 43.2 Å². The summed E-state index contributed by atoms with van der Waals surface area (Å²) in [5, 5.41) is 0. The van der Waals surface area contributed by atoms with E-state index in [9.17, 15) is 22.8 Å². The molecule has 0 N–H and O–H groups in total. The summed E-state index contributed by atoms with van der Waals surface area (Å²) in [6.45, 7) is 0. The van der Waals surface area contributed by atoms with E-state index in [4.69, 9.17) is 4.74 Å². The fraction of sp³-hybridized carbons (Fsp3) is 0.304. The molecular weight excluding hydrogens is 395 g/mol. The van der Waals surface area contributed by atoms with Crippen molar-refractivity contribution in [3.63, 3.8) is 0 Å². The van der Waals surface area contributed by atoms with E-state index in [1.54, 1.807) is 6.07 Å². The number of amides is 1. The van der Waals surface area contributed by atoms with Crippen molar-refractivity contribution in [1.82, 2.24) is 0 Å². The number of benzene rings is 2. The Hall–Kier alpha value is -3.09. The minimum Gasteiger partial charge on any atom is -0.496 e. The van der Waals surface area contributed by atoms with Crippen LogP contribution in [-0.2, 0) is 15.8 Å². The van der Waals surface area contributed by atoms with Crippen molar-refractivity contribution in [3.05, 3.63) is 70.9 Å². The van der Waals surface area contributed by atoms with Crippen molar-refractivity contribution in [2.75, 3.05) is 12.0 Å². The lowest BCUT2D eigenvalue weighted by Gasteiger charge is -2.38. The molecule has 7 heteroatoms. The standard InChI is InChI=1S/C23H20F3NO3/c1-30-20-8-3-2-5-16(20)17-13-21(29)27(18-6-4-7-19(28)22(17)18)15-11-9-14(10-12-15)23(24,25)26/h2-3,5,8-12,17H,4,6-7,13H2,1H3. The monoisotopic (exact) mass is 415 g/mol. The van der Waals surface area contributed by atoms with E-state index in [-0.39, 0.29) is 18.1 Å². The molecule has 0 aromatic heterocycles. The lowest BCUT2D eigenvalue weighted by molar-refractivity contribution is -0.137. The van der Waals surface area contributed by atoms with Gasteiger partial charge in [0.15, 0.2) is 5.78 Å². The molecule has 156 valence electrons. The Morgan fingerprint density at radius 3 is 2.37 bits per heavy atom. The summed E-state index contributed by atoms with van der Waals surface area (Å²) in [6, 6.07) is 11.8. The fourth-order valence-electron chi connectivity index (χ4n) is 4.31. The third-order valence-corrected chi connectivity index (χ3v) is 5.64. The summed E-state index contributed by atoms with van der Waals surface area (Å²) in [5.41, 5.74) is 1.47. The zero-order chi connectivity index (χ0) is 21.5. The van der Waals surface area contributed by atoms with Crippen LogP contribution in [0.1, 0.15) is 42.7 Å². The molecule has 1 aliphatic carbocycles. The van der Waals surface area contributed by atoms with Crippen LogP contribution in [0.5, 0.6) is 5.75 Å². The van der Waals surface area contributed by atoms with E-state index in [2.05, 4.69) is 0 Å². The molecular formula is C23H20F3NO3. The SMILES string of the molecule is COc1ccccc1C1CC(=O)N(c2ccc(C(F)(F)F)cc2)C2=C1C(=O)CCC2. The largest absolute Gasteiger partial charge is 0.496 e. The van der Waals surface area contributed by atoms with Crippen LogP contribution < -0.4 is 9.64 Å². The molecule has 30 heavy (non-hydrogen) atoms. The molecule has 0 spiro atoms. The predicted octanol–water partition coefficient (Wildman–Crippen LogP) is 5.24. The van der Waals surface area contributed by atoms with E-state index >= 15 is 0 Å². The minimum atomic E-state index is -4.45. The number of ether oxygens (including phenoxy) is 1. The highest BCUT2D eigenvalue weighted by molar-refractivity contribution is 6.07. The number of hydrogen-bond donors (Lipinski definition) is 0. The first kappa shape index (κ1) is 20.2. The number of allylic oxidation sites excluding steroid dienone is 2. The highest BCUT2D eigenvalue weighted by atomic mass is 19.4. The summed E-state index contributed by atoms with van der Waals surface area (Å²) in [6.07, 6.45) is -2.91. The molecule has 1 atom stereocenters. The third-order valence-electron chi connectivity index (χ3n) is 5.64. The summed E-state index contributed by atoms with van der Waals surface area (Å²) >= 11 is 0. The first-order valence-corrected chi connectivity index (χ1v) is 9.70. The second-order valence-corrected chi connectivity index (χ2v) is 7.41. The molecule has 4 nitrogen and oxygen atoms in total. The average Bonchev–Trinajstić information content (AvgIpc) is 2.73. The van der Waals surface area contributed by atoms with Crippen LogP contribution in [0.25, 0.3) is 0 Å². The number of para-hydroxylation sites is 1. The summed E-state index contributed by atoms with van der Waals surface area (Å²) in [4.78, 5) is 27.4. The summed E-state index contributed by atoms with van der Waals surface area (Å²) < 4.78 is 44.2. The average molecular weight is 415 g/mol. The lowest BCUT2D eigenvalue weighted by atomic mass is 9.77. The number of rotatable bonds is 3. The first-order chi connectivity index (χ1) is 14.3. The fourth-order valence-corrected chi connectivity index (χ4v) is 4.31. The van der Waals surface area contributed by atoms with Gasteiger partial charge in [0.05, 0.1) is 12.7 Å². The van der Waals surface area contributed by atoms with Crippen LogP contribution in [0.2, 0.25) is 0 Å². The number of ketones is 1. The van der Waals surface area contributed by atoms with Crippen molar-refractivity contribution in [2.45, 2.75) is 37.8 Å². The molecule has 2 aliphatic rings. The van der Waals surface area contributed by atoms with Crippen molar-refractivity contribution in [3.8, 4) is 5.75 Å². The predicted molar refractivity (Wildman–Crippen MR) is 105 cm³/mol. The Balaban J connectivity index is 1.82. The zero-order valence-corrected chi connectivity index (χ0v) is 16.3. The van der Waals surface area contributed by atoms with Gasteiger partial charge < -0.3 is 4.74 Å². The van der Waals surface area contributed by atoms with Gasteiger partial charge in [-0.3, -0.25) is 14.5 Å². The van der Waals surface area contributed by atoms with Crippen LogP contribution in [0.15, 0.2) is 59.8 Å². The number of methoxy groups -OCH3 is 1. The molecule has 2 aromatic carbocycles. The third kappa shape index (κ3) is 3.49. The molecule has 2 aromatic rings. The van der Waals surface area contributed by atoms with Crippen molar-refractivity contribution >= 4 is 17.4 Å². The van der Waals surface area contributed by atoms with Crippen LogP contribution in [0, 0.1) is 0 Å². The Kier molecular flexibility index (Phi) is 5.13. The quantitative estimate of drug-likeness (QED) is 0.689. The van der Waals surface area contributed by atoms with Gasteiger partial charge in [-0.15, -0.1) is 0 Å². The molecule has 1 heterocycles. The van der Waals surface area contributed by atoms with Gasteiger partial charge in [0, 0.05) is 41.3 Å². The number of nitrogens with zero attached hydrogens (tertiary/aromatic N) is 1. The molecule has 0 fully saturated rings. The van der Waals surface area contributed by atoms with E-state index in [0.29, 0.717) is 42.0 Å². The van der Waals surface area contributed by atoms with Gasteiger partial charge in [0.1, 0.15) is 5.75 Å². The van der Waals surface area contributed by atoms with Gasteiger partial charge in [0.2, 0.25) is 5.91 Å². The molecule has 1 amide bonds. The molecule has 1 aliphatic heterocycles.